The molecule has 0 atom stereocenters. The first-order valence-electron chi connectivity index (χ1n) is 9.21. The smallest absolute Gasteiger partial charge is 0.223 e. The fraction of sp³-hybridized carbons (Fsp3) is 0.429. The molecule has 2 aliphatic rings. The van der Waals surface area contributed by atoms with Crippen LogP contribution in [0.25, 0.3) is 0 Å². The summed E-state index contributed by atoms with van der Waals surface area (Å²) in [5, 5.41) is 0. The lowest BCUT2D eigenvalue weighted by Crippen LogP contribution is -2.52. The highest BCUT2D eigenvalue weighted by molar-refractivity contribution is 5.79. The maximum absolute atomic E-state index is 12.5. The van der Waals surface area contributed by atoms with Gasteiger partial charge in [0.05, 0.1) is 0 Å². The van der Waals surface area contributed by atoms with Crippen LogP contribution in [0.15, 0.2) is 54.9 Å². The Balaban J connectivity index is 1.42. The third kappa shape index (κ3) is 3.45. The van der Waals surface area contributed by atoms with Gasteiger partial charge in [-0.25, -0.2) is 0 Å². The number of carbonyl (C=O) groups excluding carboxylic acids is 1. The number of benzene rings is 1. The molecule has 1 aromatic heterocycles. The van der Waals surface area contributed by atoms with Crippen LogP contribution in [0.1, 0.15) is 36.8 Å². The molecule has 4 nitrogen and oxygen atoms in total. The molecule has 1 amide bonds. The van der Waals surface area contributed by atoms with Gasteiger partial charge in [0, 0.05) is 50.5 Å². The van der Waals surface area contributed by atoms with Gasteiger partial charge in [-0.05, 0) is 42.5 Å². The van der Waals surface area contributed by atoms with Crippen LogP contribution in [-0.4, -0.2) is 39.3 Å². The molecule has 3 heterocycles. The average molecular weight is 335 g/mol. The molecule has 1 spiro atoms. The van der Waals surface area contributed by atoms with Gasteiger partial charge in [0.25, 0.3) is 0 Å². The van der Waals surface area contributed by atoms with Crippen molar-refractivity contribution in [1.82, 2.24) is 14.8 Å². The molecule has 130 valence electrons. The van der Waals surface area contributed by atoms with Gasteiger partial charge in [-0.15, -0.1) is 0 Å². The molecule has 2 aromatic rings. The molecule has 0 unspecified atom stereocenters. The summed E-state index contributed by atoms with van der Waals surface area (Å²) in [6.45, 7) is 3.84. The maximum Gasteiger partial charge on any atom is 0.223 e. The van der Waals surface area contributed by atoms with Crippen molar-refractivity contribution in [2.24, 2.45) is 0 Å². The highest BCUT2D eigenvalue weighted by atomic mass is 16.2. The summed E-state index contributed by atoms with van der Waals surface area (Å²) >= 11 is 0. The third-order valence-electron chi connectivity index (χ3n) is 5.80. The number of hydrogen-bond donors (Lipinski definition) is 0. The van der Waals surface area contributed by atoms with Gasteiger partial charge in [0.15, 0.2) is 0 Å². The molecular weight excluding hydrogens is 310 g/mol. The molecule has 0 radical (unpaired) electrons. The zero-order valence-electron chi connectivity index (χ0n) is 14.6. The highest BCUT2D eigenvalue weighted by Gasteiger charge is 2.46. The zero-order valence-corrected chi connectivity index (χ0v) is 14.6. The van der Waals surface area contributed by atoms with E-state index >= 15 is 0 Å². The van der Waals surface area contributed by atoms with E-state index in [1.807, 2.05) is 18.5 Å². The van der Waals surface area contributed by atoms with E-state index in [0.29, 0.717) is 12.3 Å². The molecule has 25 heavy (non-hydrogen) atoms. The van der Waals surface area contributed by atoms with Crippen molar-refractivity contribution in [3.05, 3.63) is 66.0 Å². The van der Waals surface area contributed by atoms with Gasteiger partial charge >= 0.3 is 0 Å². The minimum absolute atomic E-state index is 0.0711. The van der Waals surface area contributed by atoms with Crippen LogP contribution in [0.2, 0.25) is 0 Å². The van der Waals surface area contributed by atoms with Crippen LogP contribution in [0.3, 0.4) is 0 Å². The molecule has 0 aliphatic carbocycles. The van der Waals surface area contributed by atoms with Crippen LogP contribution >= 0.6 is 0 Å². The molecule has 1 aromatic carbocycles. The second kappa shape index (κ2) is 6.96. The molecule has 2 saturated heterocycles. The monoisotopic (exact) mass is 335 g/mol. The summed E-state index contributed by atoms with van der Waals surface area (Å²) in [6.07, 6.45) is 7.60. The number of aromatic nitrogens is 1. The Morgan fingerprint density at radius 3 is 2.28 bits per heavy atom. The Morgan fingerprint density at radius 1 is 0.880 bits per heavy atom. The fourth-order valence-electron chi connectivity index (χ4n) is 4.29. The lowest BCUT2D eigenvalue weighted by molar-refractivity contribution is -0.133. The van der Waals surface area contributed by atoms with Crippen molar-refractivity contribution < 1.29 is 4.79 Å². The van der Waals surface area contributed by atoms with Crippen molar-refractivity contribution in [3.8, 4) is 0 Å². The summed E-state index contributed by atoms with van der Waals surface area (Å²) in [5.74, 6) is 0.325. The Labute approximate surface area is 149 Å². The van der Waals surface area contributed by atoms with Crippen LogP contribution in [0, 0.1) is 0 Å². The van der Waals surface area contributed by atoms with Gasteiger partial charge in [0.2, 0.25) is 5.91 Å². The quantitative estimate of drug-likeness (QED) is 0.861. The summed E-state index contributed by atoms with van der Waals surface area (Å²) in [5.41, 5.74) is 2.62. The Kier molecular flexibility index (Phi) is 4.53. The Bertz CT molecular complexity index is 708. The van der Waals surface area contributed by atoms with E-state index in [-0.39, 0.29) is 5.54 Å². The van der Waals surface area contributed by atoms with Crippen LogP contribution in [0.5, 0.6) is 0 Å². The van der Waals surface area contributed by atoms with Crippen molar-refractivity contribution in [1.29, 1.82) is 0 Å². The average Bonchev–Trinajstić information content (AvgIpc) is 2.95. The molecule has 2 aliphatic heterocycles. The Morgan fingerprint density at radius 2 is 1.56 bits per heavy atom. The van der Waals surface area contributed by atoms with Crippen molar-refractivity contribution in [2.45, 2.75) is 44.3 Å². The van der Waals surface area contributed by atoms with E-state index in [0.717, 1.165) is 45.4 Å². The summed E-state index contributed by atoms with van der Waals surface area (Å²) < 4.78 is 0. The first kappa shape index (κ1) is 16.3. The summed E-state index contributed by atoms with van der Waals surface area (Å²) in [7, 11) is 0. The van der Waals surface area contributed by atoms with Crippen LogP contribution < -0.4 is 0 Å². The first-order chi connectivity index (χ1) is 12.3. The predicted octanol–water partition coefficient (Wildman–Crippen LogP) is 3.24. The minimum Gasteiger partial charge on any atom is -0.333 e. The van der Waals surface area contributed by atoms with Gasteiger partial charge in [-0.1, -0.05) is 30.3 Å². The molecular formula is C21H25N3O. The Hall–Kier alpha value is -2.20. The summed E-state index contributed by atoms with van der Waals surface area (Å²) in [4.78, 5) is 21.3. The van der Waals surface area contributed by atoms with E-state index in [2.05, 4.69) is 51.2 Å². The zero-order chi connectivity index (χ0) is 17.1. The number of rotatable bonds is 4. The number of amides is 1. The second-order valence-corrected chi connectivity index (χ2v) is 7.32. The third-order valence-corrected chi connectivity index (χ3v) is 5.80. The SMILES string of the molecule is O=C1CCC2(CCN(Cc3ccncc3)CC2)N1Cc1ccccc1. The van der Waals surface area contributed by atoms with Gasteiger partial charge in [-0.2, -0.15) is 0 Å². The molecule has 0 N–H and O–H groups in total. The number of hydrogen-bond acceptors (Lipinski definition) is 3. The largest absolute Gasteiger partial charge is 0.333 e. The maximum atomic E-state index is 12.5. The second-order valence-electron chi connectivity index (χ2n) is 7.32. The van der Waals surface area contributed by atoms with E-state index in [4.69, 9.17) is 0 Å². The van der Waals surface area contributed by atoms with Crippen molar-refractivity contribution in [3.63, 3.8) is 0 Å². The molecule has 4 rings (SSSR count). The first-order valence-corrected chi connectivity index (χ1v) is 9.21. The number of piperidine rings is 1. The van der Waals surface area contributed by atoms with E-state index < -0.39 is 0 Å². The predicted molar refractivity (Wildman–Crippen MR) is 97.7 cm³/mol. The summed E-state index contributed by atoms with van der Waals surface area (Å²) in [6, 6.07) is 14.6. The molecule has 0 saturated carbocycles. The van der Waals surface area contributed by atoms with Crippen molar-refractivity contribution in [2.75, 3.05) is 13.1 Å². The number of nitrogens with zero attached hydrogens (tertiary/aromatic N) is 3. The van der Waals surface area contributed by atoms with Gasteiger partial charge in [0.1, 0.15) is 0 Å². The lowest BCUT2D eigenvalue weighted by Gasteiger charge is -2.45. The number of carbonyl (C=O) groups is 1. The van der Waals surface area contributed by atoms with Crippen LogP contribution in [0.4, 0.5) is 0 Å². The van der Waals surface area contributed by atoms with Gasteiger partial charge in [-0.3, -0.25) is 14.7 Å². The van der Waals surface area contributed by atoms with Gasteiger partial charge < -0.3 is 4.90 Å². The minimum atomic E-state index is 0.0711. The molecule has 4 heteroatoms. The van der Waals surface area contributed by atoms with E-state index in [9.17, 15) is 4.79 Å². The fourth-order valence-corrected chi connectivity index (χ4v) is 4.29. The number of likely N-dealkylation sites (tertiary alicyclic amines) is 2. The van der Waals surface area contributed by atoms with E-state index in [1.165, 1.54) is 11.1 Å². The van der Waals surface area contributed by atoms with E-state index in [1.54, 1.807) is 0 Å². The topological polar surface area (TPSA) is 36.4 Å². The standard InChI is InChI=1S/C21H25N3O/c25-20-6-9-21(24(20)17-18-4-2-1-3-5-18)10-14-23(15-11-21)16-19-7-12-22-13-8-19/h1-5,7-8,12-13H,6,9-11,14-17H2. The number of pyridine rings is 1. The molecule has 2 fully saturated rings. The normalized spacial score (nSPS) is 20.3. The lowest BCUT2D eigenvalue weighted by atomic mass is 9.84. The highest BCUT2D eigenvalue weighted by Crippen LogP contribution is 2.40. The van der Waals surface area contributed by atoms with Crippen molar-refractivity contribution >= 4 is 5.91 Å². The van der Waals surface area contributed by atoms with Crippen LogP contribution in [-0.2, 0) is 17.9 Å². The molecule has 0 bridgehead atoms.